The van der Waals surface area contributed by atoms with Crippen molar-refractivity contribution >= 4 is 34.4 Å². The van der Waals surface area contributed by atoms with Gasteiger partial charge in [-0.05, 0) is 49.6 Å². The molecule has 1 amide bonds. The molecule has 2 heterocycles. The minimum Gasteiger partial charge on any atom is -0.497 e. The van der Waals surface area contributed by atoms with Gasteiger partial charge in [-0.3, -0.25) is 14.5 Å². The molecule has 0 fully saturated rings. The summed E-state index contributed by atoms with van der Waals surface area (Å²) in [6, 6.07) is 10.5. The second-order valence-corrected chi connectivity index (χ2v) is 7.59. The number of methoxy groups -OCH3 is 1. The quantitative estimate of drug-likeness (QED) is 0.567. The summed E-state index contributed by atoms with van der Waals surface area (Å²) in [6.07, 6.45) is 0.859. The molecule has 0 aliphatic carbocycles. The zero-order chi connectivity index (χ0) is 22.8. The number of aliphatic carboxylic acids is 1. The van der Waals surface area contributed by atoms with Crippen LogP contribution in [0.25, 0.3) is 10.9 Å². The lowest BCUT2D eigenvalue weighted by molar-refractivity contribution is -0.136. The number of amides is 1. The summed E-state index contributed by atoms with van der Waals surface area (Å²) in [5.41, 5.74) is 3.25. The number of benzene rings is 2. The molecule has 1 aliphatic rings. The number of carboxylic acid groups (broad SMARTS) is 1. The Morgan fingerprint density at radius 1 is 1.16 bits per heavy atom. The SMILES string of the molecule is CCOC(=O)N1CCCc2ccc(C(=O)c3[nH]c4ccc(OC)cc4c3CC(=O)O)cc21. The van der Waals surface area contributed by atoms with Crippen molar-refractivity contribution in [1.82, 2.24) is 4.98 Å². The second-order valence-electron chi connectivity index (χ2n) is 7.59. The molecule has 3 aromatic rings. The number of nitrogens with one attached hydrogen (secondary N) is 1. The highest BCUT2D eigenvalue weighted by Gasteiger charge is 2.27. The summed E-state index contributed by atoms with van der Waals surface area (Å²) < 4.78 is 10.4. The number of H-pyrrole nitrogens is 1. The van der Waals surface area contributed by atoms with Crippen LogP contribution in [0.3, 0.4) is 0 Å². The molecule has 166 valence electrons. The van der Waals surface area contributed by atoms with Crippen LogP contribution in [0, 0.1) is 0 Å². The van der Waals surface area contributed by atoms with Gasteiger partial charge >= 0.3 is 12.1 Å². The molecule has 1 aliphatic heterocycles. The van der Waals surface area contributed by atoms with Crippen molar-refractivity contribution in [3.63, 3.8) is 0 Å². The first kappa shape index (κ1) is 21.4. The van der Waals surface area contributed by atoms with Crippen LogP contribution in [-0.4, -0.2) is 48.2 Å². The van der Waals surface area contributed by atoms with Crippen LogP contribution < -0.4 is 9.64 Å². The van der Waals surface area contributed by atoms with Gasteiger partial charge in [0.05, 0.1) is 31.5 Å². The van der Waals surface area contributed by atoms with Crippen molar-refractivity contribution in [2.75, 3.05) is 25.2 Å². The molecule has 0 radical (unpaired) electrons. The van der Waals surface area contributed by atoms with E-state index in [1.165, 1.54) is 7.11 Å². The number of carboxylic acids is 1. The van der Waals surface area contributed by atoms with Gasteiger partial charge in [0.25, 0.3) is 0 Å². The number of hydrogen-bond acceptors (Lipinski definition) is 5. The third-order valence-electron chi connectivity index (χ3n) is 5.62. The standard InChI is InChI=1S/C24H24N2O6/c1-3-32-24(30)26-10-4-5-14-6-7-15(11-20(14)26)23(29)22-18(13-21(27)28)17-12-16(31-2)8-9-19(17)25-22/h6-9,11-12,25H,3-5,10,13H2,1-2H3,(H,27,28). The molecule has 0 atom stereocenters. The minimum atomic E-state index is -1.04. The van der Waals surface area contributed by atoms with E-state index in [0.29, 0.717) is 40.0 Å². The molecule has 2 N–H and O–H groups in total. The molecule has 0 saturated carbocycles. The first-order chi connectivity index (χ1) is 15.4. The van der Waals surface area contributed by atoms with Crippen LogP contribution >= 0.6 is 0 Å². The first-order valence-corrected chi connectivity index (χ1v) is 10.4. The van der Waals surface area contributed by atoms with Crippen molar-refractivity contribution in [1.29, 1.82) is 0 Å². The Morgan fingerprint density at radius 3 is 2.69 bits per heavy atom. The number of carbonyl (C=O) groups is 3. The van der Waals surface area contributed by atoms with Gasteiger partial charge in [-0.2, -0.15) is 0 Å². The minimum absolute atomic E-state index is 0.217. The summed E-state index contributed by atoms with van der Waals surface area (Å²) in [6.45, 7) is 2.53. The largest absolute Gasteiger partial charge is 0.497 e. The van der Waals surface area contributed by atoms with Crippen molar-refractivity contribution in [3.8, 4) is 5.75 Å². The molecule has 2 aromatic carbocycles. The Bertz CT molecular complexity index is 1210. The van der Waals surface area contributed by atoms with E-state index in [2.05, 4.69) is 4.98 Å². The van der Waals surface area contributed by atoms with E-state index in [1.807, 2.05) is 6.07 Å². The average molecular weight is 436 g/mol. The van der Waals surface area contributed by atoms with Crippen LogP contribution in [0.1, 0.15) is 40.5 Å². The van der Waals surface area contributed by atoms with E-state index < -0.39 is 12.1 Å². The Kier molecular flexibility index (Phi) is 5.85. The number of anilines is 1. The first-order valence-electron chi connectivity index (χ1n) is 10.4. The zero-order valence-electron chi connectivity index (χ0n) is 17.9. The lowest BCUT2D eigenvalue weighted by Gasteiger charge is -2.29. The summed E-state index contributed by atoms with van der Waals surface area (Å²) >= 11 is 0. The van der Waals surface area contributed by atoms with Crippen LogP contribution in [0.2, 0.25) is 0 Å². The van der Waals surface area contributed by atoms with Crippen molar-refractivity contribution in [2.45, 2.75) is 26.2 Å². The number of aromatic nitrogens is 1. The number of fused-ring (bicyclic) bond motifs is 2. The van der Waals surface area contributed by atoms with Gasteiger partial charge in [0.2, 0.25) is 5.78 Å². The van der Waals surface area contributed by atoms with Crippen molar-refractivity contribution in [3.05, 3.63) is 58.8 Å². The summed E-state index contributed by atoms with van der Waals surface area (Å²) in [7, 11) is 1.53. The maximum Gasteiger partial charge on any atom is 0.414 e. The number of rotatable bonds is 6. The Labute approximate surface area is 184 Å². The molecular weight excluding hydrogens is 412 g/mol. The fourth-order valence-electron chi connectivity index (χ4n) is 4.13. The molecule has 8 heteroatoms. The van der Waals surface area contributed by atoms with Crippen LogP contribution in [0.5, 0.6) is 5.75 Å². The summed E-state index contributed by atoms with van der Waals surface area (Å²) in [4.78, 5) is 42.0. The Morgan fingerprint density at radius 2 is 1.97 bits per heavy atom. The Balaban J connectivity index is 1.79. The third-order valence-corrected chi connectivity index (χ3v) is 5.62. The van der Waals surface area contributed by atoms with Crippen LogP contribution in [-0.2, 0) is 22.4 Å². The molecule has 0 unspecified atom stereocenters. The topological polar surface area (TPSA) is 109 Å². The number of hydrogen-bond donors (Lipinski definition) is 2. The van der Waals surface area contributed by atoms with E-state index in [0.717, 1.165) is 18.4 Å². The van der Waals surface area contributed by atoms with E-state index in [1.54, 1.807) is 42.2 Å². The summed E-state index contributed by atoms with van der Waals surface area (Å²) in [5.74, 6) is -0.809. The monoisotopic (exact) mass is 436 g/mol. The van der Waals surface area contributed by atoms with E-state index in [-0.39, 0.29) is 24.5 Å². The molecule has 8 nitrogen and oxygen atoms in total. The van der Waals surface area contributed by atoms with Gasteiger partial charge in [0.1, 0.15) is 5.75 Å². The predicted molar refractivity (Wildman–Crippen MR) is 119 cm³/mol. The lowest BCUT2D eigenvalue weighted by Crippen LogP contribution is -2.36. The maximum atomic E-state index is 13.5. The second kappa shape index (κ2) is 8.74. The van der Waals surface area contributed by atoms with Gasteiger partial charge in [-0.1, -0.05) is 12.1 Å². The van der Waals surface area contributed by atoms with Gasteiger partial charge in [-0.25, -0.2) is 4.79 Å². The number of carbonyl (C=O) groups excluding carboxylic acids is 2. The highest BCUT2D eigenvalue weighted by atomic mass is 16.6. The van der Waals surface area contributed by atoms with Crippen LogP contribution in [0.4, 0.5) is 10.5 Å². The smallest absolute Gasteiger partial charge is 0.414 e. The average Bonchev–Trinajstić information content (AvgIpc) is 3.14. The van der Waals surface area contributed by atoms with E-state index in [4.69, 9.17) is 9.47 Å². The van der Waals surface area contributed by atoms with Gasteiger partial charge in [-0.15, -0.1) is 0 Å². The number of ether oxygens (including phenoxy) is 2. The Hall–Kier alpha value is -3.81. The molecule has 32 heavy (non-hydrogen) atoms. The van der Waals surface area contributed by atoms with Gasteiger partial charge in [0, 0.05) is 28.6 Å². The molecule has 0 saturated heterocycles. The molecule has 1 aromatic heterocycles. The molecule has 4 rings (SSSR count). The number of ketones is 1. The molecule has 0 spiro atoms. The summed E-state index contributed by atoms with van der Waals surface area (Å²) in [5, 5.41) is 10.1. The number of aromatic amines is 1. The van der Waals surface area contributed by atoms with Gasteiger partial charge < -0.3 is 19.6 Å². The molecule has 0 bridgehead atoms. The van der Waals surface area contributed by atoms with Crippen molar-refractivity contribution in [2.24, 2.45) is 0 Å². The third kappa shape index (κ3) is 3.91. The van der Waals surface area contributed by atoms with E-state index >= 15 is 0 Å². The van der Waals surface area contributed by atoms with E-state index in [9.17, 15) is 19.5 Å². The fraction of sp³-hybridized carbons (Fsp3) is 0.292. The fourth-order valence-corrected chi connectivity index (χ4v) is 4.13. The maximum absolute atomic E-state index is 13.5. The zero-order valence-corrected chi connectivity index (χ0v) is 17.9. The number of nitrogens with zero attached hydrogens (tertiary/aromatic N) is 1. The molecular formula is C24H24N2O6. The highest BCUT2D eigenvalue weighted by molar-refractivity contribution is 6.13. The predicted octanol–water partition coefficient (Wildman–Crippen LogP) is 3.94. The lowest BCUT2D eigenvalue weighted by atomic mass is 9.96. The normalized spacial score (nSPS) is 13.0. The van der Waals surface area contributed by atoms with Crippen LogP contribution in [0.15, 0.2) is 36.4 Å². The number of aryl methyl sites for hydroxylation is 1. The van der Waals surface area contributed by atoms with Gasteiger partial charge in [0.15, 0.2) is 0 Å². The highest BCUT2D eigenvalue weighted by Crippen LogP contribution is 2.32. The van der Waals surface area contributed by atoms with Crippen molar-refractivity contribution < 1.29 is 29.0 Å².